The molecule has 5 heteroatoms. The Hall–Kier alpha value is -3.10. The number of benzene rings is 1. The summed E-state index contributed by atoms with van der Waals surface area (Å²) < 4.78 is 0. The third-order valence-electron chi connectivity index (χ3n) is 2.40. The second kappa shape index (κ2) is 6.00. The lowest BCUT2D eigenvalue weighted by Crippen LogP contribution is -2.06. The number of hydrogen-bond acceptors (Lipinski definition) is 5. The van der Waals surface area contributed by atoms with Gasteiger partial charge in [0, 0.05) is 5.56 Å². The second-order valence-electron chi connectivity index (χ2n) is 3.82. The third kappa shape index (κ3) is 3.19. The van der Waals surface area contributed by atoms with Gasteiger partial charge in [-0.25, -0.2) is 0 Å². The summed E-state index contributed by atoms with van der Waals surface area (Å²) in [5.41, 5.74) is 1.21. The largest absolute Gasteiger partial charge is 0.345 e. The lowest BCUT2D eigenvalue weighted by molar-refractivity contribution is 0.101. The molecule has 0 fully saturated rings. The zero-order chi connectivity index (χ0) is 14.4. The molecule has 0 aliphatic rings. The first-order chi connectivity index (χ1) is 9.03. The summed E-state index contributed by atoms with van der Waals surface area (Å²) in [7, 11) is 0. The first kappa shape index (κ1) is 14.0. The number of anilines is 1. The Bertz CT molecular complexity index is 665. The molecule has 1 N–H and O–H groups in total. The van der Waals surface area contributed by atoms with E-state index < -0.39 is 0 Å². The predicted molar refractivity (Wildman–Crippen MR) is 68.7 cm³/mol. The number of aryl methyl sites for hydroxylation is 1. The highest BCUT2D eigenvalue weighted by Gasteiger charge is 2.11. The number of carbonyl (C=O) groups excluding carboxylic acids is 1. The topological polar surface area (TPSA) is 100 Å². The summed E-state index contributed by atoms with van der Waals surface area (Å²) in [5, 5.41) is 29.1. The van der Waals surface area contributed by atoms with Crippen molar-refractivity contribution in [3.05, 3.63) is 40.6 Å². The van der Waals surface area contributed by atoms with Gasteiger partial charge in [0.05, 0.1) is 5.69 Å². The molecule has 0 atom stereocenters. The summed E-state index contributed by atoms with van der Waals surface area (Å²) in [5.74, 6) is -0.171. The van der Waals surface area contributed by atoms with E-state index in [0.717, 1.165) is 5.56 Å². The summed E-state index contributed by atoms with van der Waals surface area (Å²) in [6.45, 7) is 3.24. The van der Waals surface area contributed by atoms with Crippen LogP contribution in [0.25, 0.3) is 0 Å². The number of ketones is 1. The van der Waals surface area contributed by atoms with Crippen LogP contribution in [0, 0.1) is 40.9 Å². The lowest BCUT2D eigenvalue weighted by atomic mass is 10.1. The molecule has 1 aromatic rings. The minimum Gasteiger partial charge on any atom is -0.345 e. The van der Waals surface area contributed by atoms with Gasteiger partial charge in [0.15, 0.2) is 11.4 Å². The fourth-order valence-electron chi connectivity index (χ4n) is 1.49. The van der Waals surface area contributed by atoms with E-state index in [1.54, 1.807) is 36.4 Å². The zero-order valence-corrected chi connectivity index (χ0v) is 10.5. The maximum absolute atomic E-state index is 11.5. The average molecular weight is 250 g/mol. The van der Waals surface area contributed by atoms with Gasteiger partial charge in [-0.05, 0) is 31.5 Å². The molecule has 19 heavy (non-hydrogen) atoms. The number of rotatable bonds is 3. The van der Waals surface area contributed by atoms with E-state index in [2.05, 4.69) is 5.32 Å². The van der Waals surface area contributed by atoms with Crippen LogP contribution >= 0.6 is 0 Å². The summed E-state index contributed by atoms with van der Waals surface area (Å²) in [6.07, 6.45) is 0. The molecule has 92 valence electrons. The Morgan fingerprint density at radius 3 is 2.26 bits per heavy atom. The van der Waals surface area contributed by atoms with Crippen molar-refractivity contribution in [1.29, 1.82) is 15.8 Å². The molecular weight excluding hydrogens is 240 g/mol. The van der Waals surface area contributed by atoms with Crippen molar-refractivity contribution < 1.29 is 4.79 Å². The van der Waals surface area contributed by atoms with Crippen LogP contribution in [0.4, 0.5) is 5.69 Å². The minimum absolute atomic E-state index is 0.168. The number of nitrogens with one attached hydrogen (secondary N) is 1. The van der Waals surface area contributed by atoms with Crippen LogP contribution < -0.4 is 5.32 Å². The molecule has 1 aromatic carbocycles. The fraction of sp³-hybridized carbons (Fsp3) is 0.143. The molecule has 5 nitrogen and oxygen atoms in total. The zero-order valence-electron chi connectivity index (χ0n) is 10.5. The van der Waals surface area contributed by atoms with Gasteiger partial charge in [-0.3, -0.25) is 4.79 Å². The first-order valence-corrected chi connectivity index (χ1v) is 5.36. The van der Waals surface area contributed by atoms with Crippen LogP contribution in [0.2, 0.25) is 0 Å². The number of carbonyl (C=O) groups is 1. The van der Waals surface area contributed by atoms with Crippen molar-refractivity contribution in [3.63, 3.8) is 0 Å². The van der Waals surface area contributed by atoms with Gasteiger partial charge in [0.25, 0.3) is 0 Å². The van der Waals surface area contributed by atoms with Crippen LogP contribution in [-0.2, 0) is 0 Å². The number of allylic oxidation sites excluding steroid dienone is 2. The quantitative estimate of drug-likeness (QED) is 0.655. The summed E-state index contributed by atoms with van der Waals surface area (Å²) in [4.78, 5) is 11.5. The highest BCUT2D eigenvalue weighted by Crippen LogP contribution is 2.20. The highest BCUT2D eigenvalue weighted by atomic mass is 16.1. The molecule has 0 spiro atoms. The second-order valence-corrected chi connectivity index (χ2v) is 3.82. The minimum atomic E-state index is -0.321. The number of nitriles is 3. The van der Waals surface area contributed by atoms with Gasteiger partial charge < -0.3 is 5.32 Å². The molecule has 0 aliphatic heterocycles. The third-order valence-corrected chi connectivity index (χ3v) is 2.40. The Balaban J connectivity index is 3.35. The molecule has 0 aromatic heterocycles. The van der Waals surface area contributed by atoms with Crippen LogP contribution in [0.15, 0.2) is 29.5 Å². The molecular formula is C14H10N4O. The molecule has 0 unspecified atom stereocenters. The van der Waals surface area contributed by atoms with E-state index in [1.807, 2.05) is 6.92 Å². The van der Waals surface area contributed by atoms with Gasteiger partial charge in [-0.1, -0.05) is 6.07 Å². The molecule has 0 saturated carbocycles. The molecule has 0 amide bonds. The molecule has 0 bridgehead atoms. The smallest absolute Gasteiger partial charge is 0.163 e. The molecule has 0 aliphatic carbocycles. The van der Waals surface area contributed by atoms with Crippen LogP contribution in [0.1, 0.15) is 22.8 Å². The Kier molecular flexibility index (Phi) is 4.41. The van der Waals surface area contributed by atoms with Gasteiger partial charge in [-0.2, -0.15) is 15.8 Å². The van der Waals surface area contributed by atoms with Gasteiger partial charge >= 0.3 is 0 Å². The Morgan fingerprint density at radius 2 is 1.79 bits per heavy atom. The van der Waals surface area contributed by atoms with E-state index in [0.29, 0.717) is 11.3 Å². The monoisotopic (exact) mass is 250 g/mol. The maximum Gasteiger partial charge on any atom is 0.163 e. The van der Waals surface area contributed by atoms with E-state index in [9.17, 15) is 4.79 Å². The van der Waals surface area contributed by atoms with Gasteiger partial charge in [-0.15, -0.1) is 0 Å². The molecule has 0 saturated heterocycles. The maximum atomic E-state index is 11.5. The van der Waals surface area contributed by atoms with Crippen LogP contribution in [0.3, 0.4) is 0 Å². The molecule has 1 rings (SSSR count). The lowest BCUT2D eigenvalue weighted by Gasteiger charge is -2.10. The van der Waals surface area contributed by atoms with Gasteiger partial charge in [0.2, 0.25) is 0 Å². The first-order valence-electron chi connectivity index (χ1n) is 5.36. The summed E-state index contributed by atoms with van der Waals surface area (Å²) in [6, 6.07) is 10.1. The van der Waals surface area contributed by atoms with Gasteiger partial charge in [0.1, 0.15) is 23.9 Å². The Morgan fingerprint density at radius 1 is 1.16 bits per heavy atom. The standard InChI is InChI=1S/C14H10N4O/c1-9-3-4-12(10(2)19)13(5-9)18-14(8-17)11(6-15)7-16/h3-5,18H,1-2H3. The molecule has 0 radical (unpaired) electrons. The SMILES string of the molecule is CC(=O)c1ccc(C)cc1NC(C#N)=C(C#N)C#N. The normalized spacial score (nSPS) is 8.58. The summed E-state index contributed by atoms with van der Waals surface area (Å²) >= 11 is 0. The highest BCUT2D eigenvalue weighted by molar-refractivity contribution is 6.00. The van der Waals surface area contributed by atoms with E-state index in [1.165, 1.54) is 6.92 Å². The van der Waals surface area contributed by atoms with E-state index in [4.69, 9.17) is 15.8 Å². The van der Waals surface area contributed by atoms with Crippen molar-refractivity contribution in [1.82, 2.24) is 0 Å². The Labute approximate surface area is 111 Å². The van der Waals surface area contributed by atoms with E-state index >= 15 is 0 Å². The molecule has 0 heterocycles. The van der Waals surface area contributed by atoms with Crippen molar-refractivity contribution >= 4 is 11.5 Å². The average Bonchev–Trinajstić information content (AvgIpc) is 2.38. The number of Topliss-reactive ketones (excluding diaryl/α,β-unsaturated/α-hetero) is 1. The fourth-order valence-corrected chi connectivity index (χ4v) is 1.49. The van der Waals surface area contributed by atoms with Crippen LogP contribution in [0.5, 0.6) is 0 Å². The number of hydrogen-bond donors (Lipinski definition) is 1. The van der Waals surface area contributed by atoms with Crippen molar-refractivity contribution in [3.8, 4) is 18.2 Å². The number of nitrogens with zero attached hydrogens (tertiary/aromatic N) is 3. The van der Waals surface area contributed by atoms with Crippen molar-refractivity contribution in [2.45, 2.75) is 13.8 Å². The van der Waals surface area contributed by atoms with Crippen molar-refractivity contribution in [2.24, 2.45) is 0 Å². The van der Waals surface area contributed by atoms with E-state index in [-0.39, 0.29) is 17.1 Å². The van der Waals surface area contributed by atoms with Crippen LogP contribution in [-0.4, -0.2) is 5.78 Å². The van der Waals surface area contributed by atoms with Crippen molar-refractivity contribution in [2.75, 3.05) is 5.32 Å². The predicted octanol–water partition coefficient (Wildman–Crippen LogP) is 2.43.